The Kier molecular flexibility index (Phi) is 2.52. The van der Waals surface area contributed by atoms with Gasteiger partial charge in [0.15, 0.2) is 11.6 Å². The standard InChI is InChI=1S/C5H2Cl3FN2/c6-5(7,8)4-10-1-3(9)2-11-4/h1-2H. The zero-order chi connectivity index (χ0) is 8.48. The molecule has 0 bridgehead atoms. The third-order valence-corrected chi connectivity index (χ3v) is 1.38. The maximum absolute atomic E-state index is 12.2. The molecule has 0 aromatic carbocycles. The van der Waals surface area contributed by atoms with E-state index in [0.717, 1.165) is 12.4 Å². The van der Waals surface area contributed by atoms with E-state index >= 15 is 0 Å². The minimum Gasteiger partial charge on any atom is -0.234 e. The highest BCUT2D eigenvalue weighted by Gasteiger charge is 2.25. The Balaban J connectivity index is 2.99. The van der Waals surface area contributed by atoms with Crippen LogP contribution in [0.3, 0.4) is 0 Å². The van der Waals surface area contributed by atoms with E-state index in [4.69, 9.17) is 34.8 Å². The fourth-order valence-corrected chi connectivity index (χ4v) is 0.751. The van der Waals surface area contributed by atoms with E-state index < -0.39 is 9.61 Å². The summed E-state index contributed by atoms with van der Waals surface area (Å²) in [6.45, 7) is 0. The zero-order valence-corrected chi connectivity index (χ0v) is 7.33. The van der Waals surface area contributed by atoms with Crippen LogP contribution < -0.4 is 0 Å². The first-order valence-corrected chi connectivity index (χ1v) is 3.68. The van der Waals surface area contributed by atoms with Crippen molar-refractivity contribution in [3.8, 4) is 0 Å². The van der Waals surface area contributed by atoms with E-state index in [1.165, 1.54) is 0 Å². The second-order valence-corrected chi connectivity index (χ2v) is 4.00. The number of nitrogens with zero attached hydrogens (tertiary/aromatic N) is 2. The number of hydrogen-bond donors (Lipinski definition) is 0. The molecule has 0 radical (unpaired) electrons. The second-order valence-electron chi connectivity index (χ2n) is 1.72. The number of alkyl halides is 3. The Morgan fingerprint density at radius 2 is 1.64 bits per heavy atom. The molecule has 6 heteroatoms. The number of rotatable bonds is 0. The summed E-state index contributed by atoms with van der Waals surface area (Å²) in [7, 11) is 0. The van der Waals surface area contributed by atoms with Crippen molar-refractivity contribution in [2.24, 2.45) is 0 Å². The van der Waals surface area contributed by atoms with Gasteiger partial charge in [-0.3, -0.25) is 0 Å². The van der Waals surface area contributed by atoms with Crippen molar-refractivity contribution in [1.29, 1.82) is 0 Å². The van der Waals surface area contributed by atoms with Crippen LogP contribution in [0.1, 0.15) is 5.82 Å². The summed E-state index contributed by atoms with van der Waals surface area (Å²) >= 11 is 16.2. The van der Waals surface area contributed by atoms with Crippen molar-refractivity contribution < 1.29 is 4.39 Å². The summed E-state index contributed by atoms with van der Waals surface area (Å²) in [6.07, 6.45) is 1.87. The number of aromatic nitrogens is 2. The fourth-order valence-electron chi connectivity index (χ4n) is 0.459. The highest BCUT2D eigenvalue weighted by Crippen LogP contribution is 2.35. The molecular weight excluding hydrogens is 213 g/mol. The van der Waals surface area contributed by atoms with Crippen molar-refractivity contribution in [3.63, 3.8) is 0 Å². The van der Waals surface area contributed by atoms with Gasteiger partial charge in [0.2, 0.25) is 3.79 Å². The minimum atomic E-state index is -1.69. The molecule has 0 N–H and O–H groups in total. The van der Waals surface area contributed by atoms with Gasteiger partial charge in [-0.25, -0.2) is 14.4 Å². The van der Waals surface area contributed by atoms with Crippen LogP contribution in [0.2, 0.25) is 0 Å². The van der Waals surface area contributed by atoms with Gasteiger partial charge in [0.05, 0.1) is 12.4 Å². The molecule has 0 amide bonds. The van der Waals surface area contributed by atoms with Crippen LogP contribution in [0.4, 0.5) is 4.39 Å². The summed E-state index contributed by atoms with van der Waals surface area (Å²) < 4.78 is 10.5. The van der Waals surface area contributed by atoms with Crippen LogP contribution in [0.25, 0.3) is 0 Å². The van der Waals surface area contributed by atoms with Gasteiger partial charge >= 0.3 is 0 Å². The lowest BCUT2D eigenvalue weighted by atomic mass is 10.6. The third-order valence-electron chi connectivity index (χ3n) is 0.874. The lowest BCUT2D eigenvalue weighted by Crippen LogP contribution is -2.06. The van der Waals surface area contributed by atoms with Crippen molar-refractivity contribution in [2.45, 2.75) is 3.79 Å². The average Bonchev–Trinajstić information content (AvgIpc) is 1.86. The lowest BCUT2D eigenvalue weighted by molar-refractivity contribution is 0.609. The van der Waals surface area contributed by atoms with Crippen LogP contribution in [0.5, 0.6) is 0 Å². The van der Waals surface area contributed by atoms with Gasteiger partial charge in [0, 0.05) is 0 Å². The van der Waals surface area contributed by atoms with Gasteiger partial charge in [-0.05, 0) is 0 Å². The van der Waals surface area contributed by atoms with Gasteiger partial charge in [-0.15, -0.1) is 0 Å². The third kappa shape index (κ3) is 2.43. The van der Waals surface area contributed by atoms with Crippen LogP contribution in [-0.4, -0.2) is 9.97 Å². The molecule has 0 unspecified atom stereocenters. The molecule has 1 aromatic rings. The maximum atomic E-state index is 12.2. The van der Waals surface area contributed by atoms with Crippen LogP contribution in [-0.2, 0) is 3.79 Å². The van der Waals surface area contributed by atoms with Gasteiger partial charge in [-0.1, -0.05) is 34.8 Å². The molecule has 0 aliphatic carbocycles. The molecule has 11 heavy (non-hydrogen) atoms. The van der Waals surface area contributed by atoms with E-state index in [1.807, 2.05) is 0 Å². The Morgan fingerprint density at radius 3 is 2.00 bits per heavy atom. The Labute approximate surface area is 77.3 Å². The summed E-state index contributed by atoms with van der Waals surface area (Å²) in [5.74, 6) is -0.605. The van der Waals surface area contributed by atoms with Gasteiger partial charge in [0.25, 0.3) is 0 Å². The van der Waals surface area contributed by atoms with Crippen molar-refractivity contribution in [1.82, 2.24) is 9.97 Å². The molecule has 0 saturated heterocycles. The summed E-state index contributed by atoms with van der Waals surface area (Å²) in [5.41, 5.74) is 0. The predicted octanol–water partition coefficient (Wildman–Crippen LogP) is 2.44. The molecule has 0 fully saturated rings. The van der Waals surface area contributed by atoms with Gasteiger partial charge < -0.3 is 0 Å². The SMILES string of the molecule is Fc1cnc(C(Cl)(Cl)Cl)nc1. The molecular formula is C5H2Cl3FN2. The molecule has 1 rings (SSSR count). The zero-order valence-electron chi connectivity index (χ0n) is 5.06. The van der Waals surface area contributed by atoms with Gasteiger partial charge in [0.1, 0.15) is 0 Å². The van der Waals surface area contributed by atoms with E-state index in [2.05, 4.69) is 9.97 Å². The Morgan fingerprint density at radius 1 is 1.18 bits per heavy atom. The van der Waals surface area contributed by atoms with E-state index in [1.54, 1.807) is 0 Å². The lowest BCUT2D eigenvalue weighted by Gasteiger charge is -2.06. The normalized spacial score (nSPS) is 11.6. The quantitative estimate of drug-likeness (QED) is 0.621. The molecule has 1 aromatic heterocycles. The monoisotopic (exact) mass is 214 g/mol. The van der Waals surface area contributed by atoms with Crippen molar-refractivity contribution >= 4 is 34.8 Å². The molecule has 60 valence electrons. The molecule has 0 atom stereocenters. The molecule has 1 heterocycles. The molecule has 0 aliphatic heterocycles. The van der Waals surface area contributed by atoms with Gasteiger partial charge in [-0.2, -0.15) is 0 Å². The smallest absolute Gasteiger partial charge is 0.234 e. The Hall–Kier alpha value is -0.120. The average molecular weight is 215 g/mol. The van der Waals surface area contributed by atoms with Crippen LogP contribution >= 0.6 is 34.8 Å². The number of halogens is 4. The van der Waals surface area contributed by atoms with E-state index in [0.29, 0.717) is 0 Å². The maximum Gasteiger partial charge on any atom is 0.250 e. The summed E-state index contributed by atoms with van der Waals surface area (Å²) in [6, 6.07) is 0. The molecule has 0 spiro atoms. The molecule has 0 saturated carbocycles. The Bertz CT molecular complexity index is 243. The predicted molar refractivity (Wildman–Crippen MR) is 41.2 cm³/mol. The summed E-state index contributed by atoms with van der Waals surface area (Å²) in [5, 5.41) is 0. The fraction of sp³-hybridized carbons (Fsp3) is 0.200. The topological polar surface area (TPSA) is 25.8 Å². The highest BCUT2D eigenvalue weighted by molar-refractivity contribution is 6.66. The molecule has 2 nitrogen and oxygen atoms in total. The van der Waals surface area contributed by atoms with E-state index in [9.17, 15) is 4.39 Å². The van der Waals surface area contributed by atoms with Crippen LogP contribution in [0.15, 0.2) is 12.4 Å². The van der Waals surface area contributed by atoms with Crippen molar-refractivity contribution in [3.05, 3.63) is 24.0 Å². The summed E-state index contributed by atoms with van der Waals surface area (Å²) in [4.78, 5) is 6.94. The minimum absolute atomic E-state index is 0.0381. The molecule has 0 aliphatic rings. The number of hydrogen-bond acceptors (Lipinski definition) is 2. The second kappa shape index (κ2) is 3.09. The van der Waals surface area contributed by atoms with E-state index in [-0.39, 0.29) is 5.82 Å². The van der Waals surface area contributed by atoms with Crippen molar-refractivity contribution in [2.75, 3.05) is 0 Å². The first-order valence-electron chi connectivity index (χ1n) is 2.55. The largest absolute Gasteiger partial charge is 0.250 e. The highest BCUT2D eigenvalue weighted by atomic mass is 35.6. The first-order chi connectivity index (χ1) is 5.00. The first kappa shape index (κ1) is 8.97. The van der Waals surface area contributed by atoms with Crippen LogP contribution in [0, 0.1) is 5.82 Å².